The van der Waals surface area contributed by atoms with Gasteiger partial charge in [0.2, 0.25) is 0 Å². The molecule has 0 saturated carbocycles. The van der Waals surface area contributed by atoms with E-state index in [1.165, 1.54) is 0 Å². The molecule has 1 aromatic rings. The largest absolute Gasteiger partial charge is 0.414 e. The molecule has 1 aromatic heterocycles. The lowest BCUT2D eigenvalue weighted by atomic mass is 10.0. The Kier molecular flexibility index (Phi) is 6.92. The minimum Gasteiger partial charge on any atom is -0.414 e. The normalized spacial score (nSPS) is 27.0. The molecule has 1 spiro atoms. The summed E-state index contributed by atoms with van der Waals surface area (Å²) in [6.45, 7) is 31.4. The van der Waals surface area contributed by atoms with Crippen molar-refractivity contribution >= 4 is 30.0 Å². The molecule has 10 heteroatoms. The van der Waals surface area contributed by atoms with Gasteiger partial charge in [0.25, 0.3) is 5.56 Å². The molecule has 2 aliphatic heterocycles. The van der Waals surface area contributed by atoms with Crippen LogP contribution in [0.1, 0.15) is 41.5 Å². The highest BCUT2D eigenvalue weighted by atomic mass is 28.4. The minimum absolute atomic E-state index is 0.00243. The number of nitrogens with one attached hydrogen (secondary N) is 1. The van der Waals surface area contributed by atoms with Gasteiger partial charge in [0, 0.05) is 23.0 Å². The number of ether oxygens (including phenoxy) is 1. The monoisotopic (exact) mass is 538 g/mol. The van der Waals surface area contributed by atoms with E-state index in [1.54, 1.807) is 10.6 Å². The first-order valence-electron chi connectivity index (χ1n) is 12.6. The van der Waals surface area contributed by atoms with Crippen molar-refractivity contribution in [3.05, 3.63) is 39.1 Å². The summed E-state index contributed by atoms with van der Waals surface area (Å²) < 4.78 is 22.1. The maximum absolute atomic E-state index is 13.2. The van der Waals surface area contributed by atoms with E-state index in [1.807, 2.05) is 0 Å². The summed E-state index contributed by atoms with van der Waals surface area (Å²) in [7, 11) is -6.42. The van der Waals surface area contributed by atoms with Crippen LogP contribution in [0.4, 0.5) is 0 Å². The fourth-order valence-electron chi connectivity index (χ4n) is 4.58. The Labute approximate surface area is 213 Å². The van der Waals surface area contributed by atoms with E-state index in [-0.39, 0.29) is 21.7 Å². The van der Waals surface area contributed by atoms with Gasteiger partial charge in [0.1, 0.15) is 14.2 Å². The van der Waals surface area contributed by atoms with Crippen LogP contribution in [0.15, 0.2) is 27.8 Å². The lowest BCUT2D eigenvalue weighted by Crippen LogP contribution is -2.50. The van der Waals surface area contributed by atoms with Gasteiger partial charge in [-0.2, -0.15) is 0 Å². The number of aromatic nitrogens is 2. The summed E-state index contributed by atoms with van der Waals surface area (Å²) in [5.41, 5.74) is -1.07. The van der Waals surface area contributed by atoms with Crippen molar-refractivity contribution in [2.24, 2.45) is 0 Å². The molecule has 198 valence electrons. The van der Waals surface area contributed by atoms with E-state index >= 15 is 0 Å². The number of nitrogens with zero attached hydrogens (tertiary/aromatic N) is 1. The van der Waals surface area contributed by atoms with Gasteiger partial charge < -0.3 is 13.6 Å². The van der Waals surface area contributed by atoms with E-state index in [2.05, 4.69) is 92.4 Å². The van der Waals surface area contributed by atoms with Crippen molar-refractivity contribution in [3.63, 3.8) is 0 Å². The van der Waals surface area contributed by atoms with E-state index in [9.17, 15) is 9.59 Å². The van der Waals surface area contributed by atoms with Crippen molar-refractivity contribution in [1.29, 1.82) is 0 Å². The molecule has 3 heterocycles. The van der Waals surface area contributed by atoms with E-state index in [4.69, 9.17) is 13.6 Å². The fraction of sp³-hybridized carbons (Fsp3) is 0.760. The summed E-state index contributed by atoms with van der Waals surface area (Å²) in [4.78, 5) is 27.9. The molecule has 3 rings (SSSR count). The second-order valence-electron chi connectivity index (χ2n) is 14.1. The van der Waals surface area contributed by atoms with E-state index in [0.29, 0.717) is 12.7 Å². The minimum atomic E-state index is -2.20. The lowest BCUT2D eigenvalue weighted by Gasteiger charge is -2.40. The summed E-state index contributed by atoms with van der Waals surface area (Å²) in [6.07, 6.45) is -0.782. The van der Waals surface area contributed by atoms with Gasteiger partial charge >= 0.3 is 5.69 Å². The first-order valence-corrected chi connectivity index (χ1v) is 21.6. The van der Waals surface area contributed by atoms with Gasteiger partial charge in [-0.15, -0.1) is 0 Å². The molecule has 1 unspecified atom stereocenters. The Balaban J connectivity index is 2.11. The molecule has 1 N–H and O–H groups in total. The third-order valence-corrected chi connectivity index (χ3v) is 20.9. The Hall–Kier alpha value is -1.05. The highest BCUT2D eigenvalue weighted by Crippen LogP contribution is 2.50. The van der Waals surface area contributed by atoms with Gasteiger partial charge in [-0.1, -0.05) is 61.2 Å². The fourth-order valence-corrected chi connectivity index (χ4v) is 10.1. The maximum Gasteiger partial charge on any atom is 0.330 e. The molecule has 7 nitrogen and oxygen atoms in total. The SMILES string of the molecule is C=C1[C@H](O[Si](C)(C)C(C)(C)C)[C@@H](CO[Si](C)(C)C(C)(C)C)OC12C[Si](C)(C)c1cc(=O)[nH]c(=O)n12. The molecule has 1 fully saturated rings. The third-order valence-electron chi connectivity index (χ3n) is 8.85. The predicted molar refractivity (Wildman–Crippen MR) is 150 cm³/mol. The highest BCUT2D eigenvalue weighted by molar-refractivity contribution is 6.90. The second-order valence-corrected chi connectivity index (χ2v) is 28.3. The summed E-state index contributed by atoms with van der Waals surface area (Å²) in [6, 6.07) is 2.21. The van der Waals surface area contributed by atoms with Crippen molar-refractivity contribution in [2.75, 3.05) is 6.61 Å². The maximum atomic E-state index is 13.2. The first-order chi connectivity index (χ1) is 15.6. The zero-order chi connectivity index (χ0) is 27.0. The number of rotatable bonds is 5. The Bertz CT molecular complexity index is 1120. The molecular weight excluding hydrogens is 493 g/mol. The quantitative estimate of drug-likeness (QED) is 0.441. The van der Waals surface area contributed by atoms with Crippen LogP contribution in [-0.2, 0) is 19.3 Å². The van der Waals surface area contributed by atoms with Crippen LogP contribution in [0, 0.1) is 0 Å². The van der Waals surface area contributed by atoms with Crippen LogP contribution in [0.2, 0.25) is 55.4 Å². The van der Waals surface area contributed by atoms with Crippen molar-refractivity contribution in [3.8, 4) is 0 Å². The van der Waals surface area contributed by atoms with E-state index in [0.717, 1.165) is 10.9 Å². The molecule has 35 heavy (non-hydrogen) atoms. The molecule has 0 bridgehead atoms. The number of fused-ring (bicyclic) bond motifs is 2. The standard InChI is InChI=1S/C25H46N2O5Si3/c1-17-21(32-35(12,13)24(5,6)7)18(15-30-34(10,11)23(2,3)4)31-25(17)16-33(8,9)20-14-19(28)26-22(29)27(20)25/h14,18,21H,1,15-16H2,2-13H3,(H,26,28,29)/t18-,21+,25?/m1/s1. The number of hydrogen-bond acceptors (Lipinski definition) is 5. The van der Waals surface area contributed by atoms with Crippen LogP contribution in [0.5, 0.6) is 0 Å². The molecule has 0 amide bonds. The highest BCUT2D eigenvalue weighted by Gasteiger charge is 2.61. The van der Waals surface area contributed by atoms with Gasteiger partial charge in [0.05, 0.1) is 12.7 Å². The molecule has 0 aromatic carbocycles. The zero-order valence-corrected chi connectivity index (χ0v) is 26.8. The average molecular weight is 539 g/mol. The molecular formula is C25H46N2O5Si3. The zero-order valence-electron chi connectivity index (χ0n) is 23.8. The smallest absolute Gasteiger partial charge is 0.330 e. The summed E-state index contributed by atoms with van der Waals surface area (Å²) in [5, 5.41) is 0.850. The Morgan fingerprint density at radius 1 is 1.11 bits per heavy atom. The lowest BCUT2D eigenvalue weighted by molar-refractivity contribution is -0.0924. The Morgan fingerprint density at radius 2 is 1.66 bits per heavy atom. The molecule has 1 saturated heterocycles. The number of hydrogen-bond donors (Lipinski definition) is 1. The van der Waals surface area contributed by atoms with Crippen molar-refractivity contribution in [2.45, 2.75) is 115 Å². The van der Waals surface area contributed by atoms with Crippen LogP contribution in [0.25, 0.3) is 0 Å². The summed E-state index contributed by atoms with van der Waals surface area (Å²) in [5.74, 6) is 0. The molecule has 3 atom stereocenters. The van der Waals surface area contributed by atoms with Crippen LogP contribution in [-0.4, -0.2) is 53.1 Å². The second kappa shape index (κ2) is 8.49. The Morgan fingerprint density at radius 3 is 2.17 bits per heavy atom. The van der Waals surface area contributed by atoms with Crippen molar-refractivity contribution < 1.29 is 13.6 Å². The topological polar surface area (TPSA) is 82.6 Å². The molecule has 0 radical (unpaired) electrons. The average Bonchev–Trinajstić information content (AvgIpc) is 3.02. The van der Waals surface area contributed by atoms with E-state index < -0.39 is 42.2 Å². The molecule has 0 aliphatic carbocycles. The van der Waals surface area contributed by atoms with Gasteiger partial charge in [0.15, 0.2) is 22.4 Å². The van der Waals surface area contributed by atoms with Gasteiger partial charge in [-0.3, -0.25) is 14.3 Å². The number of H-pyrrole nitrogens is 1. The predicted octanol–water partition coefficient (Wildman–Crippen LogP) is 4.49. The van der Waals surface area contributed by atoms with Crippen LogP contribution < -0.4 is 16.6 Å². The van der Waals surface area contributed by atoms with Crippen LogP contribution in [0.3, 0.4) is 0 Å². The van der Waals surface area contributed by atoms with Crippen molar-refractivity contribution in [1.82, 2.24) is 9.55 Å². The third kappa shape index (κ3) is 4.82. The van der Waals surface area contributed by atoms with Gasteiger partial charge in [-0.25, -0.2) is 4.79 Å². The number of aromatic amines is 1. The summed E-state index contributed by atoms with van der Waals surface area (Å²) >= 11 is 0. The van der Waals surface area contributed by atoms with Crippen LogP contribution >= 0.6 is 0 Å². The molecule has 2 aliphatic rings. The van der Waals surface area contributed by atoms with Gasteiger partial charge in [-0.05, 0) is 36.3 Å². The first kappa shape index (κ1) is 28.5.